The molecule has 1 aliphatic heterocycles. The summed E-state index contributed by atoms with van der Waals surface area (Å²) in [7, 11) is 0. The fraction of sp³-hybridized carbons (Fsp3) is 0.207. The van der Waals surface area contributed by atoms with Crippen molar-refractivity contribution in [2.45, 2.75) is 12.5 Å². The van der Waals surface area contributed by atoms with E-state index in [1.54, 1.807) is 0 Å². The Balaban J connectivity index is 1.27. The molecule has 2 heterocycles. The number of rotatable bonds is 10. The van der Waals surface area contributed by atoms with Crippen LogP contribution in [0, 0.1) is 20.2 Å². The van der Waals surface area contributed by atoms with Crippen LogP contribution >= 0.6 is 0 Å². The van der Waals surface area contributed by atoms with Crippen LogP contribution in [0.1, 0.15) is 22.7 Å². The molecule has 4 aromatic rings. The predicted octanol–water partition coefficient (Wildman–Crippen LogP) is 3.89. The Morgan fingerprint density at radius 1 is 0.810 bits per heavy atom. The molecule has 0 aliphatic carbocycles. The predicted molar refractivity (Wildman–Crippen MR) is 156 cm³/mol. The van der Waals surface area contributed by atoms with Gasteiger partial charge in [-0.15, -0.1) is 0 Å². The molecule has 214 valence electrons. The van der Waals surface area contributed by atoms with Crippen molar-refractivity contribution in [3.8, 4) is 0 Å². The van der Waals surface area contributed by atoms with Gasteiger partial charge in [-0.25, -0.2) is 9.97 Å². The fourth-order valence-electron chi connectivity index (χ4n) is 5.03. The van der Waals surface area contributed by atoms with E-state index < -0.39 is 15.8 Å². The van der Waals surface area contributed by atoms with Gasteiger partial charge in [-0.3, -0.25) is 40.8 Å². The van der Waals surface area contributed by atoms with Crippen LogP contribution < -0.4 is 15.8 Å². The number of benzene rings is 3. The molecule has 42 heavy (non-hydrogen) atoms. The summed E-state index contributed by atoms with van der Waals surface area (Å²) in [5.74, 6) is -0.478. The van der Waals surface area contributed by atoms with Crippen LogP contribution in [-0.4, -0.2) is 56.8 Å². The lowest BCUT2D eigenvalue weighted by Gasteiger charge is -2.40. The maximum atomic E-state index is 12.5. The lowest BCUT2D eigenvalue weighted by Crippen LogP contribution is -2.48. The fourth-order valence-corrected chi connectivity index (χ4v) is 5.03. The minimum atomic E-state index is -0.566. The van der Waals surface area contributed by atoms with Gasteiger partial charge in [-0.05, 0) is 16.7 Å². The van der Waals surface area contributed by atoms with Crippen molar-refractivity contribution in [3.63, 3.8) is 0 Å². The molecule has 13 nitrogen and oxygen atoms in total. The van der Waals surface area contributed by atoms with Gasteiger partial charge in [0.05, 0.1) is 22.3 Å². The Bertz CT molecular complexity index is 1510. The summed E-state index contributed by atoms with van der Waals surface area (Å²) < 4.78 is 0. The number of nitrogens with one attached hydrogen (secondary N) is 2. The zero-order chi connectivity index (χ0) is 29.5. The number of carbonyl (C=O) groups excluding carboxylic acids is 1. The maximum Gasteiger partial charge on any atom is 0.355 e. The smallest absolute Gasteiger partial charge is 0.348 e. The van der Waals surface area contributed by atoms with Crippen molar-refractivity contribution < 1.29 is 14.6 Å². The Morgan fingerprint density at radius 2 is 1.40 bits per heavy atom. The van der Waals surface area contributed by atoms with Gasteiger partial charge in [0.25, 0.3) is 5.69 Å². The van der Waals surface area contributed by atoms with Crippen molar-refractivity contribution in [1.29, 1.82) is 0 Å². The number of nitro benzene ring substituents is 1. The number of non-ortho nitro benzene ring substituents is 1. The number of hydrogen-bond donors (Lipinski definition) is 2. The summed E-state index contributed by atoms with van der Waals surface area (Å²) in [5, 5.41) is 23.0. The Labute approximate surface area is 241 Å². The number of hydrazine groups is 1. The molecular weight excluding hydrogens is 540 g/mol. The van der Waals surface area contributed by atoms with Crippen LogP contribution in [0.4, 0.5) is 23.0 Å². The van der Waals surface area contributed by atoms with E-state index in [1.807, 2.05) is 41.3 Å². The van der Waals surface area contributed by atoms with E-state index in [9.17, 15) is 25.0 Å². The number of hydrogen-bond acceptors (Lipinski definition) is 10. The van der Waals surface area contributed by atoms with Crippen molar-refractivity contribution in [3.05, 3.63) is 128 Å². The van der Waals surface area contributed by atoms with Gasteiger partial charge in [-0.2, -0.15) is 0 Å². The largest absolute Gasteiger partial charge is 0.355 e. The van der Waals surface area contributed by atoms with E-state index in [1.165, 1.54) is 41.7 Å². The molecule has 13 heteroatoms. The molecule has 0 radical (unpaired) electrons. The molecule has 3 aromatic carbocycles. The summed E-state index contributed by atoms with van der Waals surface area (Å²) in [5.41, 5.74) is 7.43. The number of nitrogens with zero attached hydrogens (tertiary/aromatic N) is 6. The topological polar surface area (TPSA) is 160 Å². The first kappa shape index (κ1) is 28.1. The molecule has 1 amide bonds. The number of nitro groups is 2. The van der Waals surface area contributed by atoms with Crippen molar-refractivity contribution in [1.82, 2.24) is 20.3 Å². The average Bonchev–Trinajstić information content (AvgIpc) is 3.01. The molecule has 0 saturated carbocycles. The monoisotopic (exact) mass is 568 g/mol. The van der Waals surface area contributed by atoms with E-state index in [4.69, 9.17) is 0 Å². The van der Waals surface area contributed by atoms with Gasteiger partial charge in [0.15, 0.2) is 0 Å². The highest BCUT2D eigenvalue weighted by molar-refractivity contribution is 5.81. The first-order valence-electron chi connectivity index (χ1n) is 13.3. The number of aromatic nitrogens is 2. The number of carbonyl (C=O) groups is 1. The highest BCUT2D eigenvalue weighted by atomic mass is 16.6. The SMILES string of the molecule is O=C(Cc1ccc([N+](=O)[O-])cc1)NNc1ncnc(N2CCN(C(c3ccccc3)c3ccccc3)CC2)c1[N+](=O)[O-]. The lowest BCUT2D eigenvalue weighted by atomic mass is 9.96. The summed E-state index contributed by atoms with van der Waals surface area (Å²) in [6.45, 7) is 2.29. The Kier molecular flexibility index (Phi) is 8.58. The van der Waals surface area contributed by atoms with Gasteiger partial charge in [0, 0.05) is 38.3 Å². The van der Waals surface area contributed by atoms with E-state index in [-0.39, 0.29) is 35.5 Å². The number of anilines is 2. The highest BCUT2D eigenvalue weighted by Gasteiger charge is 2.32. The molecular formula is C29H28N8O5. The summed E-state index contributed by atoms with van der Waals surface area (Å²) in [6.07, 6.45) is 1.12. The zero-order valence-electron chi connectivity index (χ0n) is 22.5. The molecule has 1 fully saturated rings. The van der Waals surface area contributed by atoms with Crippen LogP contribution in [0.2, 0.25) is 0 Å². The summed E-state index contributed by atoms with van der Waals surface area (Å²) in [4.78, 5) is 46.8. The van der Waals surface area contributed by atoms with Crippen molar-refractivity contribution >= 4 is 28.9 Å². The van der Waals surface area contributed by atoms with Gasteiger partial charge >= 0.3 is 5.69 Å². The maximum absolute atomic E-state index is 12.5. The van der Waals surface area contributed by atoms with Gasteiger partial charge in [0.1, 0.15) is 6.33 Å². The lowest BCUT2D eigenvalue weighted by molar-refractivity contribution is -0.384. The minimum absolute atomic E-state index is 0.0399. The van der Waals surface area contributed by atoms with E-state index in [2.05, 4.69) is 50.0 Å². The third-order valence-corrected chi connectivity index (χ3v) is 7.03. The van der Waals surface area contributed by atoms with Crippen LogP contribution in [0.15, 0.2) is 91.3 Å². The molecule has 0 unspecified atom stereocenters. The van der Waals surface area contributed by atoms with Crippen molar-refractivity contribution in [2.75, 3.05) is 36.5 Å². The van der Waals surface area contributed by atoms with Gasteiger partial charge in [-0.1, -0.05) is 72.8 Å². The Hall–Kier alpha value is -5.43. The number of amides is 1. The second-order valence-electron chi connectivity index (χ2n) is 9.67. The third kappa shape index (κ3) is 6.47. The standard InChI is InChI=1S/C29H28N8O5/c38-25(19-21-11-13-24(14-12-21)36(39)40)32-33-28-27(37(41)42)29(31-20-30-28)35-17-15-34(16-18-35)26(22-7-3-1-4-8-22)23-9-5-2-6-10-23/h1-14,20,26H,15-19H2,(H,32,38)(H,30,31,33). The first-order chi connectivity index (χ1) is 20.4. The molecule has 1 aliphatic rings. The van der Waals surface area contributed by atoms with Crippen LogP contribution in [0.3, 0.4) is 0 Å². The third-order valence-electron chi connectivity index (χ3n) is 7.03. The van der Waals surface area contributed by atoms with E-state index in [0.29, 0.717) is 31.7 Å². The molecule has 0 atom stereocenters. The van der Waals surface area contributed by atoms with Crippen LogP contribution in [-0.2, 0) is 11.2 Å². The summed E-state index contributed by atoms with van der Waals surface area (Å²) in [6, 6.07) is 26.1. The first-order valence-corrected chi connectivity index (χ1v) is 13.3. The normalized spacial score (nSPS) is 13.5. The zero-order valence-corrected chi connectivity index (χ0v) is 22.5. The quantitative estimate of drug-likeness (QED) is 0.212. The van der Waals surface area contributed by atoms with Crippen LogP contribution in [0.5, 0.6) is 0 Å². The second-order valence-corrected chi connectivity index (χ2v) is 9.67. The Morgan fingerprint density at radius 3 is 1.95 bits per heavy atom. The molecule has 0 spiro atoms. The molecule has 0 bridgehead atoms. The number of piperazine rings is 1. The molecule has 5 rings (SSSR count). The minimum Gasteiger partial charge on any atom is -0.348 e. The van der Waals surface area contributed by atoms with Gasteiger partial charge < -0.3 is 4.90 Å². The van der Waals surface area contributed by atoms with Gasteiger partial charge in [0.2, 0.25) is 17.5 Å². The van der Waals surface area contributed by atoms with E-state index in [0.717, 1.165) is 0 Å². The van der Waals surface area contributed by atoms with Crippen LogP contribution in [0.25, 0.3) is 0 Å². The van der Waals surface area contributed by atoms with Crippen molar-refractivity contribution in [2.24, 2.45) is 0 Å². The second kappa shape index (κ2) is 12.8. The molecule has 1 saturated heterocycles. The average molecular weight is 569 g/mol. The highest BCUT2D eigenvalue weighted by Crippen LogP contribution is 2.34. The molecule has 2 N–H and O–H groups in total. The summed E-state index contributed by atoms with van der Waals surface area (Å²) >= 11 is 0. The molecule has 1 aromatic heterocycles. The van der Waals surface area contributed by atoms with E-state index >= 15 is 0 Å².